The molecular weight excluding hydrogens is 358 g/mol. The summed E-state index contributed by atoms with van der Waals surface area (Å²) in [4.78, 5) is 0.286. The van der Waals surface area contributed by atoms with Crippen LogP contribution in [0.25, 0.3) is 0 Å². The van der Waals surface area contributed by atoms with E-state index in [1.807, 2.05) is 6.92 Å². The van der Waals surface area contributed by atoms with Gasteiger partial charge in [-0.15, -0.1) is 0 Å². The highest BCUT2D eigenvalue weighted by Crippen LogP contribution is 2.30. The van der Waals surface area contributed by atoms with E-state index in [1.54, 1.807) is 26.1 Å². The summed E-state index contributed by atoms with van der Waals surface area (Å²) in [5.41, 5.74) is 0.991. The summed E-state index contributed by atoms with van der Waals surface area (Å²) in [5, 5.41) is 0. The lowest BCUT2D eigenvalue weighted by molar-refractivity contribution is 0.486. The largest absolute Gasteiger partial charge is 0.243 e. The summed E-state index contributed by atoms with van der Waals surface area (Å²) in [7, 11) is -1.84. The van der Waals surface area contributed by atoms with Crippen LogP contribution < -0.4 is 0 Å². The number of halogens is 2. The molecular formula is C10H13Br2NO2S. The van der Waals surface area contributed by atoms with Crippen molar-refractivity contribution in [2.75, 3.05) is 13.6 Å². The molecule has 1 aromatic rings. The molecule has 0 aliphatic carbocycles. The van der Waals surface area contributed by atoms with Crippen molar-refractivity contribution in [2.24, 2.45) is 0 Å². The summed E-state index contributed by atoms with van der Waals surface area (Å²) in [6, 6.07) is 3.42. The molecule has 90 valence electrons. The molecule has 0 saturated carbocycles. The second-order valence-corrected chi connectivity index (χ2v) is 7.17. The molecule has 0 radical (unpaired) electrons. The first-order valence-corrected chi connectivity index (χ1v) is 7.75. The second-order valence-electron chi connectivity index (χ2n) is 3.45. The smallest absolute Gasteiger partial charge is 0.207 e. The van der Waals surface area contributed by atoms with Crippen molar-refractivity contribution >= 4 is 41.9 Å². The van der Waals surface area contributed by atoms with Crippen LogP contribution in [0.5, 0.6) is 0 Å². The number of hydrogen-bond acceptors (Lipinski definition) is 2. The predicted octanol–water partition coefficient (Wildman–Crippen LogP) is 3.16. The highest BCUT2D eigenvalue weighted by molar-refractivity contribution is 9.11. The number of aryl methyl sites for hydroxylation is 1. The van der Waals surface area contributed by atoms with Gasteiger partial charge in [0.1, 0.15) is 0 Å². The Morgan fingerprint density at radius 1 is 1.25 bits per heavy atom. The molecule has 16 heavy (non-hydrogen) atoms. The Morgan fingerprint density at radius 3 is 2.31 bits per heavy atom. The van der Waals surface area contributed by atoms with Crippen LogP contribution in [0.2, 0.25) is 0 Å². The number of hydrogen-bond donors (Lipinski definition) is 0. The molecule has 0 spiro atoms. The maximum absolute atomic E-state index is 12.1. The third-order valence-corrected chi connectivity index (χ3v) is 6.09. The van der Waals surface area contributed by atoms with Gasteiger partial charge in [-0.05, 0) is 40.5 Å². The topological polar surface area (TPSA) is 37.4 Å². The Bertz CT molecular complexity index is 500. The van der Waals surface area contributed by atoms with Gasteiger partial charge in [0.15, 0.2) is 0 Å². The first kappa shape index (κ1) is 14.2. The van der Waals surface area contributed by atoms with E-state index in [2.05, 4.69) is 31.9 Å². The fraction of sp³-hybridized carbons (Fsp3) is 0.400. The number of sulfonamides is 1. The lowest BCUT2D eigenvalue weighted by atomic mass is 10.2. The fourth-order valence-corrected chi connectivity index (χ4v) is 3.98. The fourth-order valence-electron chi connectivity index (χ4n) is 1.16. The van der Waals surface area contributed by atoms with E-state index in [4.69, 9.17) is 0 Å². The summed E-state index contributed by atoms with van der Waals surface area (Å²) in [6.07, 6.45) is 0. The normalized spacial score (nSPS) is 12.1. The Kier molecular flexibility index (Phi) is 4.57. The van der Waals surface area contributed by atoms with Gasteiger partial charge in [0.25, 0.3) is 0 Å². The van der Waals surface area contributed by atoms with E-state index >= 15 is 0 Å². The highest BCUT2D eigenvalue weighted by atomic mass is 79.9. The molecule has 0 aromatic heterocycles. The molecule has 0 fully saturated rings. The second kappa shape index (κ2) is 5.16. The molecule has 0 saturated heterocycles. The van der Waals surface area contributed by atoms with Gasteiger partial charge in [-0.2, -0.15) is 0 Å². The molecule has 1 aromatic carbocycles. The van der Waals surface area contributed by atoms with Crippen molar-refractivity contribution in [3.8, 4) is 0 Å². The minimum Gasteiger partial charge on any atom is -0.207 e. The van der Waals surface area contributed by atoms with E-state index in [-0.39, 0.29) is 4.90 Å². The van der Waals surface area contributed by atoms with Gasteiger partial charge in [-0.3, -0.25) is 0 Å². The molecule has 0 atom stereocenters. The van der Waals surface area contributed by atoms with Gasteiger partial charge in [-0.25, -0.2) is 12.7 Å². The molecule has 0 heterocycles. The van der Waals surface area contributed by atoms with Crippen LogP contribution in [0.1, 0.15) is 12.5 Å². The summed E-state index contributed by atoms with van der Waals surface area (Å²) >= 11 is 6.63. The van der Waals surface area contributed by atoms with Crippen molar-refractivity contribution in [1.82, 2.24) is 4.31 Å². The average molecular weight is 371 g/mol. The van der Waals surface area contributed by atoms with Gasteiger partial charge in [-0.1, -0.05) is 22.9 Å². The molecule has 0 amide bonds. The van der Waals surface area contributed by atoms with Crippen molar-refractivity contribution in [2.45, 2.75) is 18.7 Å². The Hall–Kier alpha value is 0.0900. The molecule has 6 heteroatoms. The van der Waals surface area contributed by atoms with E-state index in [1.165, 1.54) is 4.31 Å². The molecule has 0 N–H and O–H groups in total. The molecule has 0 unspecified atom stereocenters. The molecule has 3 nitrogen and oxygen atoms in total. The Balaban J connectivity index is 3.40. The van der Waals surface area contributed by atoms with Gasteiger partial charge in [0.05, 0.1) is 4.90 Å². The van der Waals surface area contributed by atoms with E-state index < -0.39 is 10.0 Å². The standard InChI is InChI=1S/C10H13Br2NO2S/c1-4-13(3)16(14,15)10-6-8(11)7(2)5-9(10)12/h5-6H,4H2,1-3H3. The highest BCUT2D eigenvalue weighted by Gasteiger charge is 2.22. The van der Waals surface area contributed by atoms with E-state index in [9.17, 15) is 8.42 Å². The number of nitrogens with zero attached hydrogens (tertiary/aromatic N) is 1. The Labute approximate surface area is 113 Å². The van der Waals surface area contributed by atoms with Crippen LogP contribution >= 0.6 is 31.9 Å². The van der Waals surface area contributed by atoms with Gasteiger partial charge < -0.3 is 0 Å². The summed E-state index contributed by atoms with van der Waals surface area (Å²) < 4.78 is 26.9. The van der Waals surface area contributed by atoms with Crippen molar-refractivity contribution < 1.29 is 8.42 Å². The average Bonchev–Trinajstić information content (AvgIpc) is 2.21. The maximum Gasteiger partial charge on any atom is 0.243 e. The van der Waals surface area contributed by atoms with Crippen LogP contribution in [-0.4, -0.2) is 26.3 Å². The first-order valence-electron chi connectivity index (χ1n) is 4.72. The summed E-state index contributed by atoms with van der Waals surface area (Å²) in [6.45, 7) is 4.16. The van der Waals surface area contributed by atoms with Gasteiger partial charge in [0, 0.05) is 22.5 Å². The summed E-state index contributed by atoms with van der Waals surface area (Å²) in [5.74, 6) is 0. The maximum atomic E-state index is 12.1. The van der Waals surface area contributed by atoms with Crippen LogP contribution in [0.4, 0.5) is 0 Å². The predicted molar refractivity (Wildman–Crippen MR) is 72.1 cm³/mol. The third kappa shape index (κ3) is 2.67. The zero-order chi connectivity index (χ0) is 12.5. The SMILES string of the molecule is CCN(C)S(=O)(=O)c1cc(Br)c(C)cc1Br. The quantitative estimate of drug-likeness (QED) is 0.819. The molecule has 1 rings (SSSR count). The van der Waals surface area contributed by atoms with Crippen LogP contribution in [0.15, 0.2) is 26.0 Å². The van der Waals surface area contributed by atoms with E-state index in [0.717, 1.165) is 10.0 Å². The van der Waals surface area contributed by atoms with Crippen LogP contribution in [-0.2, 0) is 10.0 Å². The molecule has 0 aliphatic rings. The van der Waals surface area contributed by atoms with Gasteiger partial charge in [0.2, 0.25) is 10.0 Å². The van der Waals surface area contributed by atoms with Crippen LogP contribution in [0, 0.1) is 6.92 Å². The van der Waals surface area contributed by atoms with Crippen molar-refractivity contribution in [3.05, 3.63) is 26.6 Å². The minimum absolute atomic E-state index is 0.286. The minimum atomic E-state index is -3.40. The lowest BCUT2D eigenvalue weighted by Gasteiger charge is -2.16. The number of rotatable bonds is 3. The molecule has 0 aliphatic heterocycles. The molecule has 0 bridgehead atoms. The third-order valence-electron chi connectivity index (χ3n) is 2.35. The monoisotopic (exact) mass is 369 g/mol. The number of benzene rings is 1. The van der Waals surface area contributed by atoms with Crippen molar-refractivity contribution in [3.63, 3.8) is 0 Å². The lowest BCUT2D eigenvalue weighted by Crippen LogP contribution is -2.26. The zero-order valence-electron chi connectivity index (χ0n) is 9.29. The first-order chi connectivity index (χ1) is 7.30. The van der Waals surface area contributed by atoms with Gasteiger partial charge >= 0.3 is 0 Å². The van der Waals surface area contributed by atoms with Crippen molar-refractivity contribution in [1.29, 1.82) is 0 Å². The zero-order valence-corrected chi connectivity index (χ0v) is 13.3. The van der Waals surface area contributed by atoms with Crippen LogP contribution in [0.3, 0.4) is 0 Å². The van der Waals surface area contributed by atoms with E-state index in [0.29, 0.717) is 11.0 Å². The Morgan fingerprint density at radius 2 is 1.81 bits per heavy atom.